The lowest BCUT2D eigenvalue weighted by Crippen LogP contribution is -2.43. The molecule has 2 heterocycles. The monoisotopic (exact) mass is 279 g/mol. The Morgan fingerprint density at radius 2 is 2.50 bits per heavy atom. The van der Waals surface area contributed by atoms with Gasteiger partial charge in [-0.05, 0) is 26.0 Å². The highest BCUT2D eigenvalue weighted by Gasteiger charge is 2.18. The average molecular weight is 279 g/mol. The second-order valence-electron chi connectivity index (χ2n) is 5.00. The number of anilines is 1. The van der Waals surface area contributed by atoms with Crippen LogP contribution in [0.15, 0.2) is 18.3 Å². The van der Waals surface area contributed by atoms with Crippen molar-refractivity contribution in [3.63, 3.8) is 0 Å². The zero-order valence-electron chi connectivity index (χ0n) is 11.9. The van der Waals surface area contributed by atoms with Crippen molar-refractivity contribution >= 4 is 11.6 Å². The van der Waals surface area contributed by atoms with Gasteiger partial charge in [-0.2, -0.15) is 0 Å². The molecular weight excluding hydrogens is 258 g/mol. The molecule has 0 radical (unpaired) electrons. The lowest BCUT2D eigenvalue weighted by atomic mass is 10.2. The molecule has 110 valence electrons. The molecule has 6 heteroatoms. The summed E-state index contributed by atoms with van der Waals surface area (Å²) in [5.74, 6) is 0.373. The summed E-state index contributed by atoms with van der Waals surface area (Å²) >= 11 is 0. The normalized spacial score (nSPS) is 18.9. The maximum Gasteiger partial charge on any atom is 0.238 e. The third-order valence-electron chi connectivity index (χ3n) is 2.82. The van der Waals surface area contributed by atoms with Gasteiger partial charge in [0.25, 0.3) is 0 Å². The molecule has 1 atom stereocenters. The van der Waals surface area contributed by atoms with E-state index in [1.54, 1.807) is 18.3 Å². The summed E-state index contributed by atoms with van der Waals surface area (Å²) in [6.07, 6.45) is 2.02. The van der Waals surface area contributed by atoms with Gasteiger partial charge in [0.1, 0.15) is 5.69 Å². The van der Waals surface area contributed by atoms with Crippen LogP contribution >= 0.6 is 0 Å². The predicted molar refractivity (Wildman–Crippen MR) is 75.9 cm³/mol. The molecule has 1 saturated heterocycles. The van der Waals surface area contributed by atoms with Crippen molar-refractivity contribution in [3.05, 3.63) is 18.3 Å². The van der Waals surface area contributed by atoms with Gasteiger partial charge in [-0.1, -0.05) is 0 Å². The Hall–Kier alpha value is -1.66. The van der Waals surface area contributed by atoms with Crippen LogP contribution in [0.1, 0.15) is 20.3 Å². The van der Waals surface area contributed by atoms with Gasteiger partial charge in [-0.25, -0.2) is 4.98 Å². The molecule has 0 aliphatic carbocycles. The topological polar surface area (TPSA) is 72.5 Å². The van der Waals surface area contributed by atoms with Gasteiger partial charge in [0.15, 0.2) is 0 Å². The highest BCUT2D eigenvalue weighted by atomic mass is 16.5. The number of nitrogens with one attached hydrogen (secondary N) is 2. The van der Waals surface area contributed by atoms with Gasteiger partial charge in [-0.3, -0.25) is 4.79 Å². The van der Waals surface area contributed by atoms with Crippen LogP contribution in [0, 0.1) is 0 Å². The Bertz CT molecular complexity index is 445. The second kappa shape index (κ2) is 7.21. The van der Waals surface area contributed by atoms with Crippen LogP contribution in [0.5, 0.6) is 5.88 Å². The molecule has 1 unspecified atom stereocenters. The molecule has 0 aromatic carbocycles. The van der Waals surface area contributed by atoms with Crippen molar-refractivity contribution in [1.29, 1.82) is 0 Å². The van der Waals surface area contributed by atoms with Gasteiger partial charge < -0.3 is 20.1 Å². The van der Waals surface area contributed by atoms with Crippen molar-refractivity contribution in [2.45, 2.75) is 32.4 Å². The molecular formula is C14H21N3O3. The Morgan fingerprint density at radius 1 is 1.65 bits per heavy atom. The third kappa shape index (κ3) is 4.47. The van der Waals surface area contributed by atoms with Gasteiger partial charge in [0.05, 0.1) is 19.3 Å². The van der Waals surface area contributed by atoms with E-state index in [2.05, 4.69) is 15.6 Å². The molecule has 0 saturated carbocycles. The van der Waals surface area contributed by atoms with Crippen molar-refractivity contribution < 1.29 is 14.3 Å². The smallest absolute Gasteiger partial charge is 0.238 e. The molecule has 1 aromatic heterocycles. The molecule has 0 bridgehead atoms. The van der Waals surface area contributed by atoms with Crippen LogP contribution in [0.25, 0.3) is 0 Å². The van der Waals surface area contributed by atoms with E-state index in [9.17, 15) is 4.79 Å². The fourth-order valence-corrected chi connectivity index (χ4v) is 1.98. The summed E-state index contributed by atoms with van der Waals surface area (Å²) in [6, 6.07) is 3.62. The summed E-state index contributed by atoms with van der Waals surface area (Å²) in [4.78, 5) is 16.2. The lowest BCUT2D eigenvalue weighted by Gasteiger charge is -2.23. The molecule has 20 heavy (non-hydrogen) atoms. The Labute approximate surface area is 118 Å². The quantitative estimate of drug-likeness (QED) is 0.847. The van der Waals surface area contributed by atoms with Gasteiger partial charge in [0.2, 0.25) is 11.8 Å². The standard InChI is InChI=1S/C14H21N3O3/c1-10(2)20-14-12(4-3-5-16-14)17-13(18)8-11-9-19-7-6-15-11/h3-5,10-11,15H,6-9H2,1-2H3,(H,17,18). The first-order valence-electron chi connectivity index (χ1n) is 6.88. The van der Waals surface area contributed by atoms with Crippen LogP contribution in [-0.2, 0) is 9.53 Å². The number of hydrogen-bond donors (Lipinski definition) is 2. The lowest BCUT2D eigenvalue weighted by molar-refractivity contribution is -0.117. The Balaban J connectivity index is 1.93. The molecule has 6 nitrogen and oxygen atoms in total. The van der Waals surface area contributed by atoms with Crippen molar-refractivity contribution in [3.8, 4) is 5.88 Å². The minimum atomic E-state index is -0.0744. The first-order chi connectivity index (χ1) is 9.65. The number of pyridine rings is 1. The van der Waals surface area contributed by atoms with E-state index >= 15 is 0 Å². The predicted octanol–water partition coefficient (Wildman–Crippen LogP) is 1.19. The van der Waals surface area contributed by atoms with Crippen LogP contribution in [0.4, 0.5) is 5.69 Å². The number of carbonyl (C=O) groups is 1. The summed E-state index contributed by atoms with van der Waals surface area (Å²) in [7, 11) is 0. The number of morpholine rings is 1. The zero-order chi connectivity index (χ0) is 14.4. The van der Waals surface area contributed by atoms with Crippen molar-refractivity contribution in [2.24, 2.45) is 0 Å². The Morgan fingerprint density at radius 3 is 3.20 bits per heavy atom. The summed E-state index contributed by atoms with van der Waals surface area (Å²) in [5.41, 5.74) is 0.600. The van der Waals surface area contributed by atoms with E-state index in [1.165, 1.54) is 0 Å². The first-order valence-corrected chi connectivity index (χ1v) is 6.88. The fourth-order valence-electron chi connectivity index (χ4n) is 1.98. The molecule has 1 aliphatic rings. The maximum atomic E-state index is 12.0. The molecule has 1 aliphatic heterocycles. The van der Waals surface area contributed by atoms with Gasteiger partial charge in [0, 0.05) is 25.2 Å². The highest BCUT2D eigenvalue weighted by molar-refractivity contribution is 5.92. The number of amides is 1. The minimum Gasteiger partial charge on any atom is -0.473 e. The molecule has 2 N–H and O–H groups in total. The SMILES string of the molecule is CC(C)Oc1ncccc1NC(=O)CC1COCCN1. The molecule has 1 aromatic rings. The maximum absolute atomic E-state index is 12.0. The van der Waals surface area contributed by atoms with E-state index in [0.717, 1.165) is 6.54 Å². The Kier molecular flexibility index (Phi) is 5.31. The second-order valence-corrected chi connectivity index (χ2v) is 5.00. The van der Waals surface area contributed by atoms with E-state index in [1.807, 2.05) is 13.8 Å². The fraction of sp³-hybridized carbons (Fsp3) is 0.571. The van der Waals surface area contributed by atoms with Crippen LogP contribution in [0.3, 0.4) is 0 Å². The van der Waals surface area contributed by atoms with Crippen LogP contribution in [-0.4, -0.2) is 42.8 Å². The van der Waals surface area contributed by atoms with Crippen molar-refractivity contribution in [1.82, 2.24) is 10.3 Å². The van der Waals surface area contributed by atoms with Gasteiger partial charge in [-0.15, -0.1) is 0 Å². The number of ether oxygens (including phenoxy) is 2. The summed E-state index contributed by atoms with van der Waals surface area (Å²) in [6.45, 7) is 5.89. The molecule has 2 rings (SSSR count). The average Bonchev–Trinajstić information content (AvgIpc) is 2.41. The van der Waals surface area contributed by atoms with Gasteiger partial charge >= 0.3 is 0 Å². The number of nitrogens with zero attached hydrogens (tertiary/aromatic N) is 1. The zero-order valence-corrected chi connectivity index (χ0v) is 11.9. The minimum absolute atomic E-state index is 0.00830. The van der Waals surface area contributed by atoms with E-state index in [4.69, 9.17) is 9.47 Å². The third-order valence-corrected chi connectivity index (χ3v) is 2.82. The van der Waals surface area contributed by atoms with E-state index in [-0.39, 0.29) is 18.1 Å². The molecule has 1 fully saturated rings. The van der Waals surface area contributed by atoms with Crippen molar-refractivity contribution in [2.75, 3.05) is 25.1 Å². The number of hydrogen-bond acceptors (Lipinski definition) is 5. The summed E-state index contributed by atoms with van der Waals surface area (Å²) < 4.78 is 10.9. The largest absolute Gasteiger partial charge is 0.473 e. The van der Waals surface area contributed by atoms with Crippen LogP contribution < -0.4 is 15.4 Å². The molecule has 0 spiro atoms. The first kappa shape index (κ1) is 14.7. The molecule has 1 amide bonds. The van der Waals surface area contributed by atoms with E-state index < -0.39 is 0 Å². The summed E-state index contributed by atoms with van der Waals surface area (Å²) in [5, 5.41) is 6.09. The van der Waals surface area contributed by atoms with Crippen LogP contribution in [0.2, 0.25) is 0 Å². The highest BCUT2D eigenvalue weighted by Crippen LogP contribution is 2.22. The number of aromatic nitrogens is 1. The number of rotatable bonds is 5. The van der Waals surface area contributed by atoms with E-state index in [0.29, 0.717) is 31.2 Å². The number of carbonyl (C=O) groups excluding carboxylic acids is 1.